The zero-order chi connectivity index (χ0) is 16.9. The highest BCUT2D eigenvalue weighted by molar-refractivity contribution is 6.03. The lowest BCUT2D eigenvalue weighted by atomic mass is 9.96. The number of nitrogens with one attached hydrogen (secondary N) is 1. The molecule has 0 atom stereocenters. The second-order valence-corrected chi connectivity index (χ2v) is 6.19. The molecule has 2 aliphatic heterocycles. The lowest BCUT2D eigenvalue weighted by Crippen LogP contribution is -2.21. The first-order valence-electron chi connectivity index (χ1n) is 8.00. The van der Waals surface area contributed by atoms with Crippen LogP contribution in [0.1, 0.15) is 23.6 Å². The highest BCUT2D eigenvalue weighted by Crippen LogP contribution is 2.44. The van der Waals surface area contributed by atoms with E-state index in [2.05, 4.69) is 17.1 Å². The normalized spacial score (nSPS) is 17.0. The van der Waals surface area contributed by atoms with E-state index in [-0.39, 0.29) is 0 Å². The second-order valence-electron chi connectivity index (χ2n) is 6.19. The molecule has 0 saturated heterocycles. The van der Waals surface area contributed by atoms with E-state index < -0.39 is 11.7 Å². The molecule has 0 aromatic heterocycles. The molecule has 1 N–H and O–H groups in total. The highest BCUT2D eigenvalue weighted by atomic mass is 19.4. The van der Waals surface area contributed by atoms with Gasteiger partial charge in [-0.1, -0.05) is 31.2 Å². The van der Waals surface area contributed by atoms with Gasteiger partial charge in [-0.25, -0.2) is 0 Å². The first-order valence-corrected chi connectivity index (χ1v) is 8.00. The van der Waals surface area contributed by atoms with Crippen molar-refractivity contribution >= 4 is 22.5 Å². The van der Waals surface area contributed by atoms with Crippen molar-refractivity contribution in [2.45, 2.75) is 13.1 Å². The van der Waals surface area contributed by atoms with Gasteiger partial charge in [0.2, 0.25) is 0 Å². The lowest BCUT2D eigenvalue weighted by Gasteiger charge is -2.18. The third-order valence-electron chi connectivity index (χ3n) is 4.77. The quantitative estimate of drug-likeness (QED) is 0.791. The van der Waals surface area contributed by atoms with E-state index in [4.69, 9.17) is 0 Å². The van der Waals surface area contributed by atoms with E-state index in [9.17, 15) is 13.2 Å². The van der Waals surface area contributed by atoms with E-state index in [1.54, 1.807) is 6.07 Å². The number of halogens is 3. The Hall–Kier alpha value is -2.27. The van der Waals surface area contributed by atoms with Crippen molar-refractivity contribution in [2.75, 3.05) is 25.0 Å². The second kappa shape index (κ2) is 5.38. The van der Waals surface area contributed by atoms with Crippen LogP contribution in [-0.4, -0.2) is 24.5 Å². The summed E-state index contributed by atoms with van der Waals surface area (Å²) in [7, 11) is 0. The zero-order valence-corrected chi connectivity index (χ0v) is 13.2. The summed E-state index contributed by atoms with van der Waals surface area (Å²) >= 11 is 0. The Labute approximate surface area is 138 Å². The monoisotopic (exact) mass is 330 g/mol. The van der Waals surface area contributed by atoms with E-state index >= 15 is 0 Å². The lowest BCUT2D eigenvalue weighted by molar-refractivity contribution is -0.137. The van der Waals surface area contributed by atoms with Gasteiger partial charge in [-0.15, -0.1) is 0 Å². The smallest absolute Gasteiger partial charge is 0.355 e. The molecule has 2 nitrogen and oxygen atoms in total. The van der Waals surface area contributed by atoms with E-state index in [0.717, 1.165) is 42.0 Å². The van der Waals surface area contributed by atoms with Gasteiger partial charge in [0.25, 0.3) is 0 Å². The molecule has 0 bridgehead atoms. The molecule has 124 valence electrons. The number of para-hydroxylation sites is 1. The predicted molar refractivity (Wildman–Crippen MR) is 90.1 cm³/mol. The van der Waals surface area contributed by atoms with Gasteiger partial charge in [0.1, 0.15) is 0 Å². The van der Waals surface area contributed by atoms with Crippen molar-refractivity contribution in [3.63, 3.8) is 0 Å². The van der Waals surface area contributed by atoms with Gasteiger partial charge >= 0.3 is 6.18 Å². The van der Waals surface area contributed by atoms with Gasteiger partial charge in [-0.05, 0) is 35.9 Å². The highest BCUT2D eigenvalue weighted by Gasteiger charge is 2.33. The molecule has 2 heterocycles. The minimum Gasteiger partial charge on any atom is -0.355 e. The molecule has 24 heavy (non-hydrogen) atoms. The largest absolute Gasteiger partial charge is 0.416 e. The van der Waals surface area contributed by atoms with Crippen LogP contribution in [0.15, 0.2) is 42.5 Å². The van der Waals surface area contributed by atoms with E-state index in [1.165, 1.54) is 17.7 Å². The fourth-order valence-electron chi connectivity index (χ4n) is 3.50. The van der Waals surface area contributed by atoms with Crippen LogP contribution >= 0.6 is 0 Å². The van der Waals surface area contributed by atoms with Crippen LogP contribution in [0.25, 0.3) is 11.1 Å². The van der Waals surface area contributed by atoms with Crippen LogP contribution in [0, 0.1) is 0 Å². The number of hydrogen-bond donors (Lipinski definition) is 1. The number of benzene rings is 2. The van der Waals surface area contributed by atoms with Gasteiger partial charge in [-0.2, -0.15) is 13.2 Å². The zero-order valence-electron chi connectivity index (χ0n) is 13.2. The van der Waals surface area contributed by atoms with E-state index in [1.807, 2.05) is 24.3 Å². The molecule has 0 fully saturated rings. The third-order valence-corrected chi connectivity index (χ3v) is 4.77. The Morgan fingerprint density at radius 1 is 0.958 bits per heavy atom. The summed E-state index contributed by atoms with van der Waals surface area (Å²) in [5.74, 6) is 0. The average Bonchev–Trinajstić information content (AvgIpc) is 2.93. The maximum absolute atomic E-state index is 13.1. The van der Waals surface area contributed by atoms with Gasteiger partial charge in [0.05, 0.1) is 5.56 Å². The summed E-state index contributed by atoms with van der Waals surface area (Å²) in [6.45, 7) is 4.61. The first kappa shape index (κ1) is 15.3. The van der Waals surface area contributed by atoms with Crippen molar-refractivity contribution in [1.29, 1.82) is 0 Å². The van der Waals surface area contributed by atoms with Gasteiger partial charge < -0.3 is 5.32 Å². The summed E-state index contributed by atoms with van der Waals surface area (Å²) in [6, 6.07) is 11.8. The SMILES string of the molecule is CCN1CC2=C(C1)c1ccc(C(F)(F)F)cc1Nc1ccccc12. The van der Waals surface area contributed by atoms with Crippen LogP contribution < -0.4 is 5.32 Å². The maximum atomic E-state index is 13.1. The topological polar surface area (TPSA) is 15.3 Å². The summed E-state index contributed by atoms with van der Waals surface area (Å²) in [4.78, 5) is 2.30. The molecule has 2 aliphatic rings. The van der Waals surface area contributed by atoms with Crippen LogP contribution in [0.2, 0.25) is 0 Å². The summed E-state index contributed by atoms with van der Waals surface area (Å²) in [5, 5.41) is 3.22. The molecule has 4 rings (SSSR count). The Kier molecular flexibility index (Phi) is 3.42. The molecule has 0 aliphatic carbocycles. The molecule has 2 aromatic rings. The van der Waals surface area contributed by atoms with Gasteiger partial charge in [0.15, 0.2) is 0 Å². The number of fused-ring (bicyclic) bond motifs is 4. The van der Waals surface area contributed by atoms with Gasteiger partial charge in [-0.3, -0.25) is 4.90 Å². The molecule has 0 unspecified atom stereocenters. The molecule has 0 amide bonds. The average molecular weight is 330 g/mol. The third kappa shape index (κ3) is 2.40. The first-order chi connectivity index (χ1) is 11.5. The summed E-state index contributed by atoms with van der Waals surface area (Å²) in [5.41, 5.74) is 5.04. The number of alkyl halides is 3. The van der Waals surface area contributed by atoms with E-state index in [0.29, 0.717) is 5.69 Å². The van der Waals surface area contributed by atoms with Crippen molar-refractivity contribution in [1.82, 2.24) is 4.90 Å². The molecule has 0 saturated carbocycles. The minimum absolute atomic E-state index is 0.528. The number of hydrogen-bond acceptors (Lipinski definition) is 2. The van der Waals surface area contributed by atoms with Crippen molar-refractivity contribution in [2.24, 2.45) is 0 Å². The minimum atomic E-state index is -4.34. The van der Waals surface area contributed by atoms with Crippen LogP contribution in [-0.2, 0) is 6.18 Å². The molecular formula is C19H17F3N2. The van der Waals surface area contributed by atoms with Crippen molar-refractivity contribution < 1.29 is 13.2 Å². The van der Waals surface area contributed by atoms with Crippen LogP contribution in [0.3, 0.4) is 0 Å². The summed E-state index contributed by atoms with van der Waals surface area (Å²) in [6.07, 6.45) is -4.34. The molecule has 0 spiro atoms. The fourth-order valence-corrected chi connectivity index (χ4v) is 3.50. The Bertz CT molecular complexity index is 837. The Morgan fingerprint density at radius 3 is 2.29 bits per heavy atom. The van der Waals surface area contributed by atoms with Crippen molar-refractivity contribution in [3.05, 3.63) is 59.2 Å². The Balaban J connectivity index is 1.92. The molecule has 5 heteroatoms. The maximum Gasteiger partial charge on any atom is 0.416 e. The molecule has 0 radical (unpaired) electrons. The number of likely N-dealkylation sites (N-methyl/N-ethyl adjacent to an activating group) is 1. The fraction of sp³-hybridized carbons (Fsp3) is 0.263. The number of nitrogens with zero attached hydrogens (tertiary/aromatic N) is 1. The predicted octanol–water partition coefficient (Wildman–Crippen LogP) is 5.01. The molecular weight excluding hydrogens is 313 g/mol. The summed E-state index contributed by atoms with van der Waals surface area (Å²) < 4.78 is 39.3. The van der Waals surface area contributed by atoms with Crippen molar-refractivity contribution in [3.8, 4) is 0 Å². The molecule has 2 aromatic carbocycles. The van der Waals surface area contributed by atoms with Crippen LogP contribution in [0.5, 0.6) is 0 Å². The van der Waals surface area contributed by atoms with Crippen LogP contribution in [0.4, 0.5) is 24.5 Å². The standard InChI is InChI=1S/C19H17F3N2/c1-2-24-10-15-13-5-3-4-6-17(13)23-18-9-12(19(20,21)22)7-8-14(18)16(15)11-24/h3-9,23H,2,10-11H2,1H3. The number of rotatable bonds is 1. The number of anilines is 2. The Morgan fingerprint density at radius 2 is 1.62 bits per heavy atom. The van der Waals surface area contributed by atoms with Gasteiger partial charge in [0, 0.05) is 35.6 Å².